The smallest absolute Gasteiger partial charge is 0.150 e. The Bertz CT molecular complexity index is 354. The molecule has 0 saturated carbocycles. The normalized spacial score (nSPS) is 25.9. The fraction of sp³-hybridized carbons (Fsp3) is 1.00. The summed E-state index contributed by atoms with van der Waals surface area (Å²) in [5.41, 5.74) is 0. The lowest BCUT2D eigenvalue weighted by Gasteiger charge is -2.41. The van der Waals surface area contributed by atoms with Crippen LogP contribution >= 0.6 is 0 Å². The van der Waals surface area contributed by atoms with Crippen LogP contribution in [0, 0.1) is 5.92 Å². The van der Waals surface area contributed by atoms with Gasteiger partial charge in [-0.15, -0.1) is 0 Å². The molecule has 0 bridgehead atoms. The third kappa shape index (κ3) is 5.40. The lowest BCUT2D eigenvalue weighted by molar-refractivity contribution is 0.111. The summed E-state index contributed by atoms with van der Waals surface area (Å²) >= 11 is 0. The standard InChI is InChI=1S/C14H30N2O2S/c1-5-13-10-15-14(12(3)4)11-16(13)8-7-9-19(17,18)6-2/h12-15H,5-11H2,1-4H3. The van der Waals surface area contributed by atoms with Crippen LogP contribution in [0.15, 0.2) is 0 Å². The first-order chi connectivity index (χ1) is 8.89. The molecule has 1 saturated heterocycles. The zero-order valence-electron chi connectivity index (χ0n) is 12.9. The number of sulfone groups is 1. The van der Waals surface area contributed by atoms with Gasteiger partial charge in [0.15, 0.2) is 0 Å². The predicted molar refractivity (Wildman–Crippen MR) is 81.2 cm³/mol. The molecule has 19 heavy (non-hydrogen) atoms. The number of nitrogens with zero attached hydrogens (tertiary/aromatic N) is 1. The number of hydrogen-bond acceptors (Lipinski definition) is 4. The minimum absolute atomic E-state index is 0.264. The molecule has 0 amide bonds. The Hall–Kier alpha value is -0.130. The molecule has 0 aromatic rings. The van der Waals surface area contributed by atoms with Crippen LogP contribution in [0.4, 0.5) is 0 Å². The van der Waals surface area contributed by atoms with Crippen molar-refractivity contribution in [3.8, 4) is 0 Å². The SMILES string of the molecule is CCC1CNC(C(C)C)CN1CCCS(=O)(=O)CC. The Morgan fingerprint density at radius 1 is 1.32 bits per heavy atom. The van der Waals surface area contributed by atoms with Crippen LogP contribution in [-0.2, 0) is 9.84 Å². The molecule has 4 nitrogen and oxygen atoms in total. The van der Waals surface area contributed by atoms with Crippen molar-refractivity contribution < 1.29 is 8.42 Å². The van der Waals surface area contributed by atoms with Gasteiger partial charge in [-0.3, -0.25) is 4.90 Å². The van der Waals surface area contributed by atoms with Gasteiger partial charge in [0.1, 0.15) is 9.84 Å². The fourth-order valence-electron chi connectivity index (χ4n) is 2.64. The Kier molecular flexibility index (Phi) is 6.77. The molecular weight excluding hydrogens is 260 g/mol. The highest BCUT2D eigenvalue weighted by atomic mass is 32.2. The summed E-state index contributed by atoms with van der Waals surface area (Å²) in [5, 5.41) is 3.61. The van der Waals surface area contributed by atoms with Crippen molar-refractivity contribution in [2.24, 2.45) is 5.92 Å². The van der Waals surface area contributed by atoms with E-state index in [1.165, 1.54) is 0 Å². The maximum absolute atomic E-state index is 11.5. The van der Waals surface area contributed by atoms with Crippen molar-refractivity contribution in [3.05, 3.63) is 0 Å². The van der Waals surface area contributed by atoms with Crippen LogP contribution < -0.4 is 5.32 Å². The van der Waals surface area contributed by atoms with E-state index in [0.29, 0.717) is 23.8 Å². The Morgan fingerprint density at radius 3 is 2.53 bits per heavy atom. The molecule has 114 valence electrons. The zero-order valence-corrected chi connectivity index (χ0v) is 13.7. The van der Waals surface area contributed by atoms with Gasteiger partial charge in [-0.05, 0) is 25.3 Å². The van der Waals surface area contributed by atoms with Crippen molar-refractivity contribution in [2.75, 3.05) is 31.1 Å². The van der Waals surface area contributed by atoms with Crippen molar-refractivity contribution in [3.63, 3.8) is 0 Å². The molecule has 0 aromatic carbocycles. The fourth-order valence-corrected chi connectivity index (χ4v) is 3.50. The largest absolute Gasteiger partial charge is 0.311 e. The van der Waals surface area contributed by atoms with E-state index in [1.807, 2.05) is 0 Å². The van der Waals surface area contributed by atoms with Crippen LogP contribution in [0.3, 0.4) is 0 Å². The first-order valence-corrected chi connectivity index (χ1v) is 9.39. The Labute approximate surface area is 118 Å². The quantitative estimate of drug-likeness (QED) is 0.772. The molecule has 2 unspecified atom stereocenters. The molecule has 0 aliphatic carbocycles. The third-order valence-electron chi connectivity index (χ3n) is 4.18. The van der Waals surface area contributed by atoms with Crippen molar-refractivity contribution in [1.82, 2.24) is 10.2 Å². The summed E-state index contributed by atoms with van der Waals surface area (Å²) < 4.78 is 23.1. The molecule has 0 radical (unpaired) electrons. The Balaban J connectivity index is 2.47. The summed E-state index contributed by atoms with van der Waals surface area (Å²) in [5.74, 6) is 1.22. The first kappa shape index (κ1) is 16.9. The molecular formula is C14H30N2O2S. The van der Waals surface area contributed by atoms with Gasteiger partial charge < -0.3 is 5.32 Å². The van der Waals surface area contributed by atoms with Crippen LogP contribution in [0.1, 0.15) is 40.5 Å². The van der Waals surface area contributed by atoms with Gasteiger partial charge in [-0.25, -0.2) is 8.42 Å². The lowest BCUT2D eigenvalue weighted by Crippen LogP contribution is -2.58. The van der Waals surface area contributed by atoms with E-state index in [4.69, 9.17) is 0 Å². The summed E-state index contributed by atoms with van der Waals surface area (Å²) in [6.45, 7) is 11.4. The number of nitrogens with one attached hydrogen (secondary N) is 1. The zero-order chi connectivity index (χ0) is 14.5. The highest BCUT2D eigenvalue weighted by Crippen LogP contribution is 2.15. The van der Waals surface area contributed by atoms with Crippen molar-refractivity contribution in [2.45, 2.75) is 52.6 Å². The molecule has 1 heterocycles. The molecule has 1 aliphatic heterocycles. The van der Waals surface area contributed by atoms with Gasteiger partial charge in [0.2, 0.25) is 0 Å². The molecule has 2 atom stereocenters. The average Bonchev–Trinajstić information content (AvgIpc) is 2.38. The maximum atomic E-state index is 11.5. The second-order valence-electron chi connectivity index (χ2n) is 5.91. The molecule has 0 aromatic heterocycles. The second-order valence-corrected chi connectivity index (χ2v) is 8.38. The van der Waals surface area contributed by atoms with Gasteiger partial charge in [0.25, 0.3) is 0 Å². The van der Waals surface area contributed by atoms with Gasteiger partial charge >= 0.3 is 0 Å². The van der Waals surface area contributed by atoms with Gasteiger partial charge in [-0.2, -0.15) is 0 Å². The molecule has 1 aliphatic rings. The summed E-state index contributed by atoms with van der Waals surface area (Å²) in [6, 6.07) is 1.09. The molecule has 5 heteroatoms. The van der Waals surface area contributed by atoms with E-state index in [0.717, 1.165) is 32.5 Å². The summed E-state index contributed by atoms with van der Waals surface area (Å²) in [7, 11) is -2.82. The van der Waals surface area contributed by atoms with Crippen molar-refractivity contribution >= 4 is 9.84 Å². The Morgan fingerprint density at radius 2 is 2.00 bits per heavy atom. The van der Waals surface area contributed by atoms with Gasteiger partial charge in [0.05, 0.1) is 5.75 Å². The van der Waals surface area contributed by atoms with E-state index >= 15 is 0 Å². The molecule has 0 spiro atoms. The summed E-state index contributed by atoms with van der Waals surface area (Å²) in [6.07, 6.45) is 1.88. The number of hydrogen-bond donors (Lipinski definition) is 1. The highest BCUT2D eigenvalue weighted by molar-refractivity contribution is 7.91. The predicted octanol–water partition coefficient (Wildman–Crippen LogP) is 1.52. The van der Waals surface area contributed by atoms with Crippen LogP contribution in [0.5, 0.6) is 0 Å². The van der Waals surface area contributed by atoms with E-state index in [-0.39, 0.29) is 5.75 Å². The maximum Gasteiger partial charge on any atom is 0.150 e. The van der Waals surface area contributed by atoms with Crippen molar-refractivity contribution in [1.29, 1.82) is 0 Å². The molecule has 1 rings (SSSR count). The third-order valence-corrected chi connectivity index (χ3v) is 5.97. The molecule has 1 N–H and O–H groups in total. The minimum Gasteiger partial charge on any atom is -0.311 e. The second kappa shape index (κ2) is 7.60. The topological polar surface area (TPSA) is 49.4 Å². The lowest BCUT2D eigenvalue weighted by atomic mass is 9.98. The van der Waals surface area contributed by atoms with E-state index in [2.05, 4.69) is 31.0 Å². The first-order valence-electron chi connectivity index (χ1n) is 7.57. The average molecular weight is 290 g/mol. The van der Waals surface area contributed by atoms with E-state index < -0.39 is 9.84 Å². The van der Waals surface area contributed by atoms with E-state index in [9.17, 15) is 8.42 Å². The number of rotatable bonds is 7. The number of piperazine rings is 1. The van der Waals surface area contributed by atoms with E-state index in [1.54, 1.807) is 6.92 Å². The van der Waals surface area contributed by atoms with Gasteiger partial charge in [0, 0.05) is 30.9 Å². The van der Waals surface area contributed by atoms with Crippen LogP contribution in [0.25, 0.3) is 0 Å². The van der Waals surface area contributed by atoms with Crippen LogP contribution in [0.2, 0.25) is 0 Å². The highest BCUT2D eigenvalue weighted by Gasteiger charge is 2.27. The van der Waals surface area contributed by atoms with Gasteiger partial charge in [-0.1, -0.05) is 27.7 Å². The monoisotopic (exact) mass is 290 g/mol. The van der Waals surface area contributed by atoms with Crippen LogP contribution in [-0.4, -0.2) is 56.5 Å². The molecule has 1 fully saturated rings. The summed E-state index contributed by atoms with van der Waals surface area (Å²) in [4.78, 5) is 2.48. The minimum atomic E-state index is -2.82.